The first-order valence-corrected chi connectivity index (χ1v) is 16.8. The molecule has 12 heteroatoms. The fourth-order valence-electron chi connectivity index (χ4n) is 5.13. The highest BCUT2D eigenvalue weighted by Crippen LogP contribution is 2.17. The molecule has 0 heterocycles. The maximum Gasteiger partial charge on any atom is 0.253 e. The van der Waals surface area contributed by atoms with E-state index in [4.69, 9.17) is 0 Å². The van der Waals surface area contributed by atoms with Gasteiger partial charge in [-0.25, -0.2) is 21.5 Å². The highest BCUT2D eigenvalue weighted by Gasteiger charge is 2.25. The molecule has 3 aromatic rings. The van der Waals surface area contributed by atoms with Gasteiger partial charge in [0.05, 0.1) is 17.0 Å². The number of aliphatic hydroxyl groups is 1. The molecule has 46 heavy (non-hydrogen) atoms. The molecule has 0 radical (unpaired) electrons. The number of halogens is 2. The Morgan fingerprint density at radius 3 is 2.13 bits per heavy atom. The number of carbonyl (C=O) groups excluding carboxylic acids is 2. The van der Waals surface area contributed by atoms with Gasteiger partial charge >= 0.3 is 0 Å². The minimum absolute atomic E-state index is 0.0338. The van der Waals surface area contributed by atoms with Crippen LogP contribution >= 0.6 is 0 Å². The number of amides is 2. The lowest BCUT2D eigenvalue weighted by Crippen LogP contribution is -2.48. The van der Waals surface area contributed by atoms with E-state index in [0.717, 1.165) is 35.3 Å². The number of aliphatic hydroxyl groups excluding tert-OH is 1. The molecule has 0 bridgehead atoms. The predicted molar refractivity (Wildman–Crippen MR) is 174 cm³/mol. The van der Waals surface area contributed by atoms with Crippen LogP contribution in [0.25, 0.3) is 0 Å². The fraction of sp³-hybridized carbons (Fsp3) is 0.412. The van der Waals surface area contributed by atoms with E-state index in [2.05, 4.69) is 10.6 Å². The normalized spacial score (nSPS) is 13.0. The summed E-state index contributed by atoms with van der Waals surface area (Å²) in [6.07, 6.45) is 0.289. The van der Waals surface area contributed by atoms with Crippen molar-refractivity contribution in [3.63, 3.8) is 0 Å². The maximum atomic E-state index is 14.0. The Hall–Kier alpha value is -3.71. The molecule has 0 aliphatic heterocycles. The third kappa shape index (κ3) is 10.1. The molecule has 0 spiro atoms. The van der Waals surface area contributed by atoms with E-state index in [1.54, 1.807) is 36.1 Å². The first-order valence-electron chi connectivity index (χ1n) is 15.3. The number of nitrogens with one attached hydrogen (secondary N) is 2. The average Bonchev–Trinajstić information content (AvgIpc) is 2.99. The van der Waals surface area contributed by atoms with E-state index in [-0.39, 0.29) is 41.4 Å². The van der Waals surface area contributed by atoms with Crippen LogP contribution < -0.4 is 10.6 Å². The van der Waals surface area contributed by atoms with E-state index in [0.29, 0.717) is 29.8 Å². The van der Waals surface area contributed by atoms with Crippen LogP contribution in [0, 0.1) is 18.6 Å². The molecule has 0 fully saturated rings. The van der Waals surface area contributed by atoms with Crippen molar-refractivity contribution < 1.29 is 31.9 Å². The number of rotatable bonds is 16. The number of aryl methyl sites for hydroxylation is 1. The van der Waals surface area contributed by atoms with Gasteiger partial charge < -0.3 is 20.6 Å². The van der Waals surface area contributed by atoms with Gasteiger partial charge in [-0.1, -0.05) is 26.0 Å². The zero-order valence-electron chi connectivity index (χ0n) is 27.0. The Kier molecular flexibility index (Phi) is 13.4. The van der Waals surface area contributed by atoms with Crippen LogP contribution in [0.2, 0.25) is 0 Å². The summed E-state index contributed by atoms with van der Waals surface area (Å²) in [4.78, 5) is 28.7. The third-order valence-electron chi connectivity index (χ3n) is 7.38. The van der Waals surface area contributed by atoms with Gasteiger partial charge in [0.15, 0.2) is 0 Å². The van der Waals surface area contributed by atoms with Crippen molar-refractivity contribution >= 4 is 21.8 Å². The van der Waals surface area contributed by atoms with Crippen molar-refractivity contribution in [3.05, 3.63) is 100 Å². The van der Waals surface area contributed by atoms with Gasteiger partial charge in [0.2, 0.25) is 10.0 Å². The molecule has 0 aliphatic rings. The number of carbonyl (C=O) groups is 2. The Morgan fingerprint density at radius 1 is 0.891 bits per heavy atom. The van der Waals surface area contributed by atoms with Crippen molar-refractivity contribution in [1.29, 1.82) is 0 Å². The lowest BCUT2D eigenvalue weighted by molar-refractivity contribution is 0.0755. The SMILES string of the molecule is CCCN(CCC)C(=O)c1cc(C)cc(C(=O)N[C@@H](Cc2cc(F)cc(F)c2)[C@H](O)CNCc2cccc(S(=O)(=O)N(C)C)c2)c1. The molecule has 3 N–H and O–H groups in total. The molecule has 3 rings (SSSR count). The monoisotopic (exact) mass is 658 g/mol. The van der Waals surface area contributed by atoms with Crippen LogP contribution in [-0.2, 0) is 23.0 Å². The molecule has 2 amide bonds. The molecule has 3 aromatic carbocycles. The summed E-state index contributed by atoms with van der Waals surface area (Å²) in [6.45, 7) is 7.10. The molecule has 0 saturated carbocycles. The van der Waals surface area contributed by atoms with Crippen molar-refractivity contribution in [3.8, 4) is 0 Å². The van der Waals surface area contributed by atoms with Crippen LogP contribution in [0.15, 0.2) is 65.6 Å². The van der Waals surface area contributed by atoms with Gasteiger partial charge in [-0.3, -0.25) is 9.59 Å². The Labute approximate surface area is 270 Å². The first kappa shape index (κ1) is 36.8. The third-order valence-corrected chi connectivity index (χ3v) is 9.19. The summed E-state index contributed by atoms with van der Waals surface area (Å²) >= 11 is 0. The summed E-state index contributed by atoms with van der Waals surface area (Å²) in [5, 5.41) is 17.1. The molecule has 0 aromatic heterocycles. The number of benzene rings is 3. The second-order valence-electron chi connectivity index (χ2n) is 11.6. The lowest BCUT2D eigenvalue weighted by Gasteiger charge is -2.25. The van der Waals surface area contributed by atoms with E-state index in [9.17, 15) is 31.9 Å². The number of nitrogens with zero attached hydrogens (tertiary/aromatic N) is 2. The summed E-state index contributed by atoms with van der Waals surface area (Å²) in [6, 6.07) is 13.3. The van der Waals surface area contributed by atoms with Gasteiger partial charge in [-0.15, -0.1) is 0 Å². The van der Waals surface area contributed by atoms with Gasteiger partial charge in [0, 0.05) is 57.5 Å². The summed E-state index contributed by atoms with van der Waals surface area (Å²) in [7, 11) is -0.749. The first-order chi connectivity index (χ1) is 21.7. The lowest BCUT2D eigenvalue weighted by atomic mass is 9.99. The molecule has 9 nitrogen and oxygen atoms in total. The van der Waals surface area contributed by atoms with Crippen LogP contribution in [0.1, 0.15) is 64.1 Å². The second kappa shape index (κ2) is 16.7. The minimum Gasteiger partial charge on any atom is -0.390 e. The van der Waals surface area contributed by atoms with E-state index in [1.165, 1.54) is 32.3 Å². The van der Waals surface area contributed by atoms with E-state index >= 15 is 0 Å². The predicted octanol–water partition coefficient (Wildman–Crippen LogP) is 4.28. The minimum atomic E-state index is -3.63. The maximum absolute atomic E-state index is 14.0. The van der Waals surface area contributed by atoms with Crippen molar-refractivity contribution in [2.45, 2.75) is 63.6 Å². The second-order valence-corrected chi connectivity index (χ2v) is 13.7. The molecule has 250 valence electrons. The van der Waals surface area contributed by atoms with Gasteiger partial charge in [0.1, 0.15) is 11.6 Å². The van der Waals surface area contributed by atoms with Crippen molar-refractivity contribution in [2.24, 2.45) is 0 Å². The Bertz CT molecular complexity index is 1590. The summed E-state index contributed by atoms with van der Waals surface area (Å²) in [5.74, 6) is -2.31. The summed E-state index contributed by atoms with van der Waals surface area (Å²) < 4.78 is 54.2. The zero-order valence-corrected chi connectivity index (χ0v) is 27.8. The molecular weight excluding hydrogens is 614 g/mol. The molecule has 2 atom stereocenters. The van der Waals surface area contributed by atoms with Crippen LogP contribution in [0.3, 0.4) is 0 Å². The topological polar surface area (TPSA) is 119 Å². The average molecular weight is 659 g/mol. The number of sulfonamides is 1. The van der Waals surface area contributed by atoms with Gasteiger partial charge in [-0.05, 0) is 85.3 Å². The number of hydrogen-bond donors (Lipinski definition) is 3. The van der Waals surface area contributed by atoms with Crippen molar-refractivity contribution in [2.75, 3.05) is 33.7 Å². The molecule has 0 unspecified atom stereocenters. The largest absolute Gasteiger partial charge is 0.390 e. The fourth-order valence-corrected chi connectivity index (χ4v) is 6.10. The highest BCUT2D eigenvalue weighted by molar-refractivity contribution is 7.89. The van der Waals surface area contributed by atoms with Crippen molar-refractivity contribution in [1.82, 2.24) is 19.8 Å². The van der Waals surface area contributed by atoms with Crippen LogP contribution in [-0.4, -0.2) is 80.4 Å². The van der Waals surface area contributed by atoms with Crippen LogP contribution in [0.5, 0.6) is 0 Å². The molecule has 0 saturated heterocycles. The van der Waals surface area contributed by atoms with Gasteiger partial charge in [0.25, 0.3) is 11.8 Å². The smallest absolute Gasteiger partial charge is 0.253 e. The Morgan fingerprint density at radius 2 is 1.52 bits per heavy atom. The quantitative estimate of drug-likeness (QED) is 0.212. The summed E-state index contributed by atoms with van der Waals surface area (Å²) in [5.41, 5.74) is 2.18. The molecular formula is C34H44F2N4O5S. The number of hydrogen-bond acceptors (Lipinski definition) is 6. The van der Waals surface area contributed by atoms with E-state index in [1.807, 2.05) is 13.8 Å². The zero-order chi connectivity index (χ0) is 34.0. The van der Waals surface area contributed by atoms with E-state index < -0.39 is 39.7 Å². The van der Waals surface area contributed by atoms with Gasteiger partial charge in [-0.2, -0.15) is 0 Å². The molecule has 0 aliphatic carbocycles. The highest BCUT2D eigenvalue weighted by atomic mass is 32.2. The Balaban J connectivity index is 1.82. The standard InChI is InChI=1S/C34H44F2N4O5S/c1-6-11-40(12-7-2)34(43)27-14-23(3)13-26(19-27)33(42)38-31(18-25-15-28(35)20-29(36)16-25)32(41)22-37-21-24-9-8-10-30(17-24)46(44,45)39(4)5/h8-10,13-17,19-20,31-32,37,41H,6-7,11-12,18,21-22H2,1-5H3,(H,38,42)/t31-,32+/m0/s1. The van der Waals surface area contributed by atoms with Crippen LogP contribution in [0.4, 0.5) is 8.78 Å².